The average Bonchev–Trinajstić information content (AvgIpc) is 2.74. The first-order valence-corrected chi connectivity index (χ1v) is 11.3. The molecule has 2 aromatic heterocycles. The van der Waals surface area contributed by atoms with Gasteiger partial charge in [-0.25, -0.2) is 15.0 Å². The fourth-order valence-electron chi connectivity index (χ4n) is 3.54. The van der Waals surface area contributed by atoms with E-state index >= 15 is 0 Å². The molecule has 6 nitrogen and oxygen atoms in total. The van der Waals surface area contributed by atoms with Crippen molar-refractivity contribution in [1.29, 1.82) is 0 Å². The van der Waals surface area contributed by atoms with Crippen molar-refractivity contribution in [2.24, 2.45) is 0 Å². The zero-order valence-electron chi connectivity index (χ0n) is 16.9. The van der Waals surface area contributed by atoms with E-state index in [1.54, 1.807) is 12.6 Å². The molecule has 150 valence electrons. The van der Waals surface area contributed by atoms with E-state index in [2.05, 4.69) is 44.2 Å². The van der Waals surface area contributed by atoms with Crippen LogP contribution in [-0.2, 0) is 24.1 Å². The minimum atomic E-state index is -0.967. The predicted octanol–water partition coefficient (Wildman–Crippen LogP) is 3.65. The zero-order valence-corrected chi connectivity index (χ0v) is 17.7. The molecule has 0 radical (unpaired) electrons. The highest BCUT2D eigenvalue weighted by Crippen LogP contribution is 2.28. The van der Waals surface area contributed by atoms with Crippen molar-refractivity contribution >= 4 is 22.8 Å². The van der Waals surface area contributed by atoms with E-state index in [-0.39, 0.29) is 6.04 Å². The summed E-state index contributed by atoms with van der Waals surface area (Å²) in [5.41, 5.74) is 4.50. The Morgan fingerprint density at radius 2 is 1.90 bits per heavy atom. The molecule has 29 heavy (non-hydrogen) atoms. The number of hydrogen-bond acceptors (Lipinski definition) is 6. The number of aryl methyl sites for hydroxylation is 1. The third-order valence-electron chi connectivity index (χ3n) is 5.29. The molecule has 0 fully saturated rings. The second kappa shape index (κ2) is 8.39. The third kappa shape index (κ3) is 4.36. The number of rotatable bonds is 5. The number of fused-ring (bicyclic) bond motifs is 1. The molecule has 0 saturated heterocycles. The summed E-state index contributed by atoms with van der Waals surface area (Å²) in [6.45, 7) is 5.78. The monoisotopic (exact) mass is 407 g/mol. The molecule has 3 heterocycles. The normalized spacial score (nSPS) is 15.5. The van der Waals surface area contributed by atoms with Gasteiger partial charge in [-0.15, -0.1) is 0 Å². The molecule has 0 saturated carbocycles. The summed E-state index contributed by atoms with van der Waals surface area (Å²) >= 11 is -0.967. The molecule has 2 atom stereocenters. The Kier molecular flexibility index (Phi) is 5.69. The minimum Gasteiger partial charge on any atom is -0.612 e. The summed E-state index contributed by atoms with van der Waals surface area (Å²) in [6.07, 6.45) is 6.10. The van der Waals surface area contributed by atoms with E-state index in [1.807, 2.05) is 37.4 Å². The van der Waals surface area contributed by atoms with Gasteiger partial charge in [0, 0.05) is 37.3 Å². The first-order chi connectivity index (χ1) is 14.0. The third-order valence-corrected chi connectivity index (χ3v) is 6.22. The summed E-state index contributed by atoms with van der Waals surface area (Å²) in [4.78, 5) is 16.7. The highest BCUT2D eigenvalue weighted by Gasteiger charge is 2.23. The number of pyridine rings is 1. The molecule has 3 aromatic rings. The summed E-state index contributed by atoms with van der Waals surface area (Å²) < 4.78 is 11.6. The summed E-state index contributed by atoms with van der Waals surface area (Å²) in [5, 5.41) is 3.54. The van der Waals surface area contributed by atoms with E-state index in [9.17, 15) is 4.55 Å². The number of anilines is 2. The molecule has 1 aromatic carbocycles. The highest BCUT2D eigenvalue weighted by molar-refractivity contribution is 7.90. The van der Waals surface area contributed by atoms with E-state index in [0.29, 0.717) is 0 Å². The van der Waals surface area contributed by atoms with Crippen molar-refractivity contribution in [2.75, 3.05) is 23.0 Å². The topological polar surface area (TPSA) is 77.0 Å². The van der Waals surface area contributed by atoms with Crippen molar-refractivity contribution < 1.29 is 4.55 Å². The highest BCUT2D eigenvalue weighted by atomic mass is 32.2. The van der Waals surface area contributed by atoms with Crippen LogP contribution in [0.25, 0.3) is 0 Å². The van der Waals surface area contributed by atoms with Gasteiger partial charge < -0.3 is 14.8 Å². The van der Waals surface area contributed by atoms with Gasteiger partial charge >= 0.3 is 0 Å². The molecule has 1 N–H and O–H groups in total. The SMILES string of the molecule is Cc1ccc(N2CCc3ncnc(NC(C)c4ccc([S+](C)[O-])cc4)c3C2)nc1. The van der Waals surface area contributed by atoms with Gasteiger partial charge in [0.15, 0.2) is 4.90 Å². The number of nitrogens with one attached hydrogen (secondary N) is 1. The van der Waals surface area contributed by atoms with Crippen LogP contribution < -0.4 is 10.2 Å². The molecule has 0 spiro atoms. The Morgan fingerprint density at radius 1 is 1.10 bits per heavy atom. The smallest absolute Gasteiger partial charge is 0.152 e. The number of nitrogens with zero attached hydrogens (tertiary/aromatic N) is 4. The molecule has 2 unspecified atom stereocenters. The maximum Gasteiger partial charge on any atom is 0.152 e. The lowest BCUT2D eigenvalue weighted by molar-refractivity contribution is 0.600. The van der Waals surface area contributed by atoms with E-state index in [4.69, 9.17) is 0 Å². The van der Waals surface area contributed by atoms with Gasteiger partial charge in [0.05, 0.1) is 5.69 Å². The molecule has 0 amide bonds. The second-order valence-electron chi connectivity index (χ2n) is 7.40. The van der Waals surface area contributed by atoms with E-state index < -0.39 is 11.2 Å². The fraction of sp³-hybridized carbons (Fsp3) is 0.318. The van der Waals surface area contributed by atoms with Crippen molar-refractivity contribution in [3.8, 4) is 0 Å². The van der Waals surface area contributed by atoms with E-state index in [1.165, 1.54) is 0 Å². The van der Waals surface area contributed by atoms with Crippen molar-refractivity contribution in [3.63, 3.8) is 0 Å². The average molecular weight is 408 g/mol. The van der Waals surface area contributed by atoms with Crippen LogP contribution in [0.4, 0.5) is 11.6 Å². The molecule has 7 heteroatoms. The summed E-state index contributed by atoms with van der Waals surface area (Å²) in [6, 6.07) is 12.1. The van der Waals surface area contributed by atoms with Crippen molar-refractivity contribution in [2.45, 2.75) is 37.8 Å². The van der Waals surface area contributed by atoms with Crippen LogP contribution in [0.3, 0.4) is 0 Å². The van der Waals surface area contributed by atoms with Crippen molar-refractivity contribution in [3.05, 3.63) is 71.3 Å². The number of hydrogen-bond donors (Lipinski definition) is 1. The Hall–Kier alpha value is -2.64. The molecule has 0 aliphatic carbocycles. The number of benzene rings is 1. The molecule has 1 aliphatic heterocycles. The number of aromatic nitrogens is 3. The van der Waals surface area contributed by atoms with Crippen LogP contribution in [0.5, 0.6) is 0 Å². The van der Waals surface area contributed by atoms with Gasteiger partial charge in [-0.1, -0.05) is 18.2 Å². The standard InChI is InChI=1S/C22H25N5OS/c1-15-4-9-21(23-12-15)27-11-10-20-19(13-27)22(25-14-24-20)26-16(2)17-5-7-18(8-6-17)29(3)28/h4-9,12,14,16H,10-11,13H2,1-3H3,(H,24,25,26). The Labute approximate surface area is 174 Å². The molecule has 1 aliphatic rings. The van der Waals surface area contributed by atoms with Crippen LogP contribution in [0.1, 0.15) is 35.3 Å². The molecule has 4 rings (SSSR count). The lowest BCUT2D eigenvalue weighted by atomic mass is 10.0. The molecule has 0 bridgehead atoms. The lowest BCUT2D eigenvalue weighted by Gasteiger charge is -2.30. The molecular weight excluding hydrogens is 382 g/mol. The second-order valence-corrected chi connectivity index (χ2v) is 8.78. The van der Waals surface area contributed by atoms with Gasteiger partial charge in [-0.3, -0.25) is 0 Å². The Morgan fingerprint density at radius 3 is 2.59 bits per heavy atom. The largest absolute Gasteiger partial charge is 0.612 e. The first kappa shape index (κ1) is 19.7. The van der Waals surface area contributed by atoms with Crippen LogP contribution in [0.2, 0.25) is 0 Å². The fourth-order valence-corrected chi connectivity index (χ4v) is 4.06. The summed E-state index contributed by atoms with van der Waals surface area (Å²) in [7, 11) is 0. The van der Waals surface area contributed by atoms with Gasteiger partial charge in [-0.05, 0) is 54.3 Å². The van der Waals surface area contributed by atoms with E-state index in [0.717, 1.165) is 58.4 Å². The Balaban J connectivity index is 1.54. The quantitative estimate of drug-likeness (QED) is 0.651. The maximum atomic E-state index is 11.6. The van der Waals surface area contributed by atoms with Crippen LogP contribution >= 0.6 is 0 Å². The van der Waals surface area contributed by atoms with Gasteiger partial charge in [0.25, 0.3) is 0 Å². The van der Waals surface area contributed by atoms with Crippen LogP contribution in [0.15, 0.2) is 53.8 Å². The first-order valence-electron chi connectivity index (χ1n) is 9.71. The molecular formula is C22H25N5OS. The van der Waals surface area contributed by atoms with Gasteiger partial charge in [0.2, 0.25) is 0 Å². The van der Waals surface area contributed by atoms with Crippen molar-refractivity contribution in [1.82, 2.24) is 15.0 Å². The lowest BCUT2D eigenvalue weighted by Crippen LogP contribution is -2.32. The zero-order chi connectivity index (χ0) is 20.4. The van der Waals surface area contributed by atoms with Gasteiger partial charge in [0.1, 0.15) is 24.2 Å². The maximum absolute atomic E-state index is 11.6. The summed E-state index contributed by atoms with van der Waals surface area (Å²) in [5.74, 6) is 1.84. The van der Waals surface area contributed by atoms with Crippen LogP contribution in [0, 0.1) is 6.92 Å². The van der Waals surface area contributed by atoms with Crippen LogP contribution in [-0.4, -0.2) is 32.3 Å². The predicted molar refractivity (Wildman–Crippen MR) is 117 cm³/mol. The Bertz CT molecular complexity index is 975. The van der Waals surface area contributed by atoms with Gasteiger partial charge in [-0.2, -0.15) is 0 Å². The minimum absolute atomic E-state index is 0.0706.